The SMILES string of the molecule is [CH2-]C1CCCC1=[C-]CCCC.[CH]1[CH][CH][CH][CH]1.[CH]1[CH][CH][CH][CH]1.[Zr+4]. The van der Waals surface area contributed by atoms with Gasteiger partial charge in [-0.05, 0) is 64.2 Å². The van der Waals surface area contributed by atoms with E-state index in [2.05, 4.69) is 19.9 Å². The number of allylic oxidation sites excluding steroid dienone is 2. The summed E-state index contributed by atoms with van der Waals surface area (Å²) in [6.07, 6.45) is 31.1. The van der Waals surface area contributed by atoms with Crippen LogP contribution in [0.4, 0.5) is 0 Å². The van der Waals surface area contributed by atoms with Gasteiger partial charge in [0.05, 0.1) is 0 Å². The molecule has 22 heavy (non-hydrogen) atoms. The van der Waals surface area contributed by atoms with Crippen LogP contribution < -0.4 is 0 Å². The van der Waals surface area contributed by atoms with Gasteiger partial charge in [0.2, 0.25) is 0 Å². The molecule has 0 amide bonds. The second kappa shape index (κ2) is 16.5. The average molecular weight is 372 g/mol. The molecule has 3 saturated carbocycles. The fourth-order valence-corrected chi connectivity index (χ4v) is 2.22. The van der Waals surface area contributed by atoms with Crippen LogP contribution in [-0.4, -0.2) is 0 Å². The van der Waals surface area contributed by atoms with E-state index in [0.717, 1.165) is 6.42 Å². The van der Waals surface area contributed by atoms with E-state index in [4.69, 9.17) is 0 Å². The summed E-state index contributed by atoms with van der Waals surface area (Å²) in [4.78, 5) is 0. The maximum atomic E-state index is 4.10. The Morgan fingerprint density at radius 1 is 0.955 bits per heavy atom. The third-order valence-corrected chi connectivity index (χ3v) is 3.49. The molecule has 3 fully saturated rings. The van der Waals surface area contributed by atoms with Crippen LogP contribution in [0.2, 0.25) is 0 Å². The predicted octanol–water partition coefficient (Wildman–Crippen LogP) is 5.58. The van der Waals surface area contributed by atoms with Gasteiger partial charge in [-0.1, -0.05) is 39.0 Å². The van der Waals surface area contributed by atoms with E-state index in [0.29, 0.717) is 5.92 Å². The summed E-state index contributed by atoms with van der Waals surface area (Å²) >= 11 is 0. The maximum Gasteiger partial charge on any atom is 4.00 e. The van der Waals surface area contributed by atoms with Crippen LogP contribution >= 0.6 is 0 Å². The Hall–Kier alpha value is 0.623. The molecule has 0 aromatic heterocycles. The van der Waals surface area contributed by atoms with Crippen molar-refractivity contribution in [3.8, 4) is 0 Å². The summed E-state index contributed by atoms with van der Waals surface area (Å²) in [6.45, 7) is 6.32. The zero-order valence-corrected chi connectivity index (χ0v) is 16.3. The molecule has 0 heterocycles. The molecular formula is C21H28Zr+2. The van der Waals surface area contributed by atoms with Gasteiger partial charge in [0.25, 0.3) is 0 Å². The summed E-state index contributed by atoms with van der Waals surface area (Å²) < 4.78 is 0. The van der Waals surface area contributed by atoms with Gasteiger partial charge in [-0.2, -0.15) is 12.3 Å². The number of hydrogen-bond donors (Lipinski definition) is 0. The van der Waals surface area contributed by atoms with Gasteiger partial charge in [-0.3, -0.25) is 5.57 Å². The van der Waals surface area contributed by atoms with Crippen LogP contribution in [0.25, 0.3) is 0 Å². The molecule has 0 spiro atoms. The van der Waals surface area contributed by atoms with E-state index in [-0.39, 0.29) is 26.2 Å². The summed E-state index contributed by atoms with van der Waals surface area (Å²) in [5.41, 5.74) is 1.50. The summed E-state index contributed by atoms with van der Waals surface area (Å²) in [5.74, 6) is 0.590. The molecule has 0 N–H and O–H groups in total. The molecule has 1 heteroatoms. The fourth-order valence-electron chi connectivity index (χ4n) is 2.22. The molecule has 3 rings (SSSR count). The van der Waals surface area contributed by atoms with Crippen molar-refractivity contribution in [2.24, 2.45) is 5.92 Å². The monoisotopic (exact) mass is 370 g/mol. The molecule has 3 aliphatic rings. The molecule has 3 aliphatic carbocycles. The summed E-state index contributed by atoms with van der Waals surface area (Å²) in [6, 6.07) is 0. The van der Waals surface area contributed by atoms with Gasteiger partial charge in [-0.15, -0.1) is 0 Å². The van der Waals surface area contributed by atoms with E-state index in [1.165, 1.54) is 37.7 Å². The topological polar surface area (TPSA) is 0 Å². The van der Waals surface area contributed by atoms with Gasteiger partial charge in [0, 0.05) is 0 Å². The van der Waals surface area contributed by atoms with E-state index in [1.54, 1.807) is 0 Å². The minimum atomic E-state index is 0. The first-order valence-corrected chi connectivity index (χ1v) is 8.10. The zero-order chi connectivity index (χ0) is 15.2. The minimum absolute atomic E-state index is 0. The third kappa shape index (κ3) is 12.1. The van der Waals surface area contributed by atoms with Crippen LogP contribution in [-0.2, 0) is 26.2 Å². The maximum absolute atomic E-state index is 4.10. The average Bonchev–Trinajstić information content (AvgIpc) is 3.27. The van der Waals surface area contributed by atoms with Crippen LogP contribution in [0.1, 0.15) is 45.4 Å². The van der Waals surface area contributed by atoms with Gasteiger partial charge in [0.15, 0.2) is 0 Å². The van der Waals surface area contributed by atoms with Crippen molar-refractivity contribution in [1.82, 2.24) is 0 Å². The van der Waals surface area contributed by atoms with Crippen molar-refractivity contribution in [2.75, 3.05) is 0 Å². The standard InChI is InChI=1S/C11H18.2C5H5.Zr/c1-3-4-5-8-11-9-6-7-10(11)2;2*1-2-4-5-3-1;/h10H,2-7,9H2,1H3;2*1-5H;/q-2;;;+4. The molecule has 1 unspecified atom stereocenters. The summed E-state index contributed by atoms with van der Waals surface area (Å²) in [7, 11) is 0. The number of hydrogen-bond acceptors (Lipinski definition) is 0. The number of rotatable bonds is 3. The van der Waals surface area contributed by atoms with Crippen LogP contribution in [0.15, 0.2) is 5.57 Å². The Morgan fingerprint density at radius 3 is 1.73 bits per heavy atom. The molecule has 0 bridgehead atoms. The van der Waals surface area contributed by atoms with Gasteiger partial charge >= 0.3 is 26.2 Å². The third-order valence-electron chi connectivity index (χ3n) is 3.49. The largest absolute Gasteiger partial charge is 4.00 e. The van der Waals surface area contributed by atoms with Crippen molar-refractivity contribution in [3.63, 3.8) is 0 Å². The predicted molar refractivity (Wildman–Crippen MR) is 92.0 cm³/mol. The fraction of sp³-hybridized carbons (Fsp3) is 0.381. The molecule has 0 aromatic carbocycles. The molecule has 0 aliphatic heterocycles. The van der Waals surface area contributed by atoms with E-state index >= 15 is 0 Å². The zero-order valence-electron chi connectivity index (χ0n) is 13.8. The molecule has 0 nitrogen and oxygen atoms in total. The Morgan fingerprint density at radius 2 is 1.41 bits per heavy atom. The Balaban J connectivity index is 0.000000334. The normalized spacial score (nSPS) is 25.0. The van der Waals surface area contributed by atoms with E-state index < -0.39 is 0 Å². The minimum Gasteiger partial charge on any atom is -0.499 e. The van der Waals surface area contributed by atoms with Gasteiger partial charge in [-0.25, -0.2) is 0 Å². The smallest absolute Gasteiger partial charge is 0.499 e. The van der Waals surface area contributed by atoms with Crippen molar-refractivity contribution in [2.45, 2.75) is 45.4 Å². The Labute approximate surface area is 160 Å². The first-order chi connectivity index (χ1) is 10.3. The Bertz CT molecular complexity index is 223. The second-order valence-electron chi connectivity index (χ2n) is 5.32. The molecule has 0 aromatic rings. The molecule has 0 saturated heterocycles. The first kappa shape index (κ1) is 22.6. The molecule has 1 atom stereocenters. The van der Waals surface area contributed by atoms with Crippen molar-refractivity contribution >= 4 is 0 Å². The van der Waals surface area contributed by atoms with Crippen LogP contribution in [0.5, 0.6) is 0 Å². The van der Waals surface area contributed by atoms with E-state index in [1.807, 2.05) is 64.2 Å². The van der Waals surface area contributed by atoms with Crippen molar-refractivity contribution < 1.29 is 26.2 Å². The first-order valence-electron chi connectivity index (χ1n) is 8.10. The van der Waals surface area contributed by atoms with E-state index in [9.17, 15) is 0 Å². The van der Waals surface area contributed by atoms with Crippen LogP contribution in [0, 0.1) is 83.1 Å². The Kier molecular flexibility index (Phi) is 16.9. The summed E-state index contributed by atoms with van der Waals surface area (Å²) in [5, 5.41) is 0. The molecular weight excluding hydrogens is 343 g/mol. The molecule has 114 valence electrons. The van der Waals surface area contributed by atoms with Crippen molar-refractivity contribution in [1.29, 1.82) is 0 Å². The van der Waals surface area contributed by atoms with Crippen molar-refractivity contribution in [3.05, 3.63) is 82.8 Å². The van der Waals surface area contributed by atoms with Gasteiger partial charge < -0.3 is 13.0 Å². The van der Waals surface area contributed by atoms with Gasteiger partial charge in [0.1, 0.15) is 0 Å². The quantitative estimate of drug-likeness (QED) is 0.449. The number of unbranched alkanes of at least 4 members (excludes halogenated alkanes) is 2. The second-order valence-corrected chi connectivity index (χ2v) is 5.32. The van der Waals surface area contributed by atoms with Crippen LogP contribution in [0.3, 0.4) is 0 Å². The molecule has 10 radical (unpaired) electrons.